The lowest BCUT2D eigenvalue weighted by Crippen LogP contribution is -2.54. The van der Waals surface area contributed by atoms with Gasteiger partial charge in [0.2, 0.25) is 11.8 Å². The molecule has 3 N–H and O–H groups in total. The van der Waals surface area contributed by atoms with E-state index >= 15 is 0 Å². The molecule has 1 fully saturated rings. The first kappa shape index (κ1) is 31.5. The molecule has 1 aliphatic rings. The van der Waals surface area contributed by atoms with Crippen LogP contribution in [-0.4, -0.2) is 52.1 Å². The van der Waals surface area contributed by atoms with Gasteiger partial charge in [0.15, 0.2) is 0 Å². The van der Waals surface area contributed by atoms with E-state index in [9.17, 15) is 24.8 Å². The molecule has 2 unspecified atom stereocenters. The summed E-state index contributed by atoms with van der Waals surface area (Å²) in [6.45, 7) is 8.69. The van der Waals surface area contributed by atoms with Crippen LogP contribution in [-0.2, 0) is 20.7 Å². The minimum Gasteiger partial charge on any atom is -0.508 e. The molecule has 0 aliphatic heterocycles. The first-order valence-electron chi connectivity index (χ1n) is 14.2. The molecule has 0 radical (unpaired) electrons. The average Bonchev–Trinajstić information content (AvgIpc) is 2.90. The summed E-state index contributed by atoms with van der Waals surface area (Å²) in [5, 5.41) is 25.3. The highest BCUT2D eigenvalue weighted by Gasteiger charge is 2.37. The minimum absolute atomic E-state index is 0.00276. The number of phenols is 1. The Morgan fingerprint density at radius 3 is 2.29 bits per heavy atom. The Hall–Kier alpha value is -4.06. The maximum atomic E-state index is 14.2. The largest absolute Gasteiger partial charge is 0.508 e. The van der Waals surface area contributed by atoms with Crippen molar-refractivity contribution in [2.75, 3.05) is 6.54 Å². The van der Waals surface area contributed by atoms with Crippen molar-refractivity contribution in [3.8, 4) is 11.8 Å². The molecule has 0 saturated heterocycles. The zero-order valence-corrected chi connectivity index (χ0v) is 24.7. The van der Waals surface area contributed by atoms with E-state index in [1.54, 1.807) is 39.0 Å². The van der Waals surface area contributed by atoms with Gasteiger partial charge in [-0.25, -0.2) is 4.79 Å². The summed E-state index contributed by atoms with van der Waals surface area (Å²) in [4.78, 5) is 42.2. The lowest BCUT2D eigenvalue weighted by atomic mass is 9.94. The molecule has 1 aliphatic carbocycles. The molecule has 3 rings (SSSR count). The van der Waals surface area contributed by atoms with Gasteiger partial charge in [-0.2, -0.15) is 5.26 Å². The smallest absolute Gasteiger partial charge is 0.408 e. The highest BCUT2D eigenvalue weighted by Crippen LogP contribution is 2.27. The normalized spacial score (nSPS) is 15.2. The number of carbonyl (C=O) groups is 3. The van der Waals surface area contributed by atoms with Crippen molar-refractivity contribution in [2.45, 2.75) is 96.9 Å². The van der Waals surface area contributed by atoms with Crippen LogP contribution < -0.4 is 10.6 Å². The summed E-state index contributed by atoms with van der Waals surface area (Å²) in [6, 6.07) is 11.7. The van der Waals surface area contributed by atoms with Crippen LogP contribution in [0.2, 0.25) is 0 Å². The zero-order valence-electron chi connectivity index (χ0n) is 24.7. The van der Waals surface area contributed by atoms with Crippen molar-refractivity contribution in [3.63, 3.8) is 0 Å². The molecule has 9 nitrogen and oxygen atoms in total. The Labute approximate surface area is 242 Å². The Bertz CT molecular complexity index is 1260. The first-order chi connectivity index (χ1) is 19.4. The third-order valence-corrected chi connectivity index (χ3v) is 7.25. The summed E-state index contributed by atoms with van der Waals surface area (Å²) < 4.78 is 5.43. The molecule has 2 aromatic carbocycles. The number of nitrogens with one attached hydrogen (secondary N) is 2. The van der Waals surface area contributed by atoms with E-state index in [4.69, 9.17) is 4.74 Å². The number of ether oxygens (including phenoxy) is 1. The van der Waals surface area contributed by atoms with Crippen LogP contribution in [0.4, 0.5) is 4.79 Å². The van der Waals surface area contributed by atoms with E-state index in [-0.39, 0.29) is 30.7 Å². The monoisotopic (exact) mass is 562 g/mol. The fraction of sp³-hybridized carbons (Fsp3) is 0.500. The van der Waals surface area contributed by atoms with E-state index in [1.165, 1.54) is 17.0 Å². The number of amides is 3. The highest BCUT2D eigenvalue weighted by atomic mass is 16.6. The Kier molecular flexibility index (Phi) is 10.8. The van der Waals surface area contributed by atoms with Gasteiger partial charge in [-0.05, 0) is 81.8 Å². The molecule has 41 heavy (non-hydrogen) atoms. The number of nitriles is 1. The van der Waals surface area contributed by atoms with Gasteiger partial charge in [-0.1, -0.05) is 49.6 Å². The minimum atomic E-state index is -1.14. The maximum absolute atomic E-state index is 14.2. The molecule has 0 aromatic heterocycles. The van der Waals surface area contributed by atoms with Crippen LogP contribution in [0.15, 0.2) is 42.5 Å². The van der Waals surface area contributed by atoms with Gasteiger partial charge in [-0.15, -0.1) is 0 Å². The van der Waals surface area contributed by atoms with Gasteiger partial charge in [-0.3, -0.25) is 9.59 Å². The fourth-order valence-corrected chi connectivity index (χ4v) is 5.03. The molecule has 0 bridgehead atoms. The standard InChI is InChI=1S/C32H42N4O5/c1-21-11-14-24(19-22(21)2)28(29(38)34-25-9-7-6-8-10-25)36(18-17-33)30(39)27(35-31(40)41-32(3,4)5)20-23-12-15-26(37)16-13-23/h11-16,19,25,27-28,37H,6-10,18,20H2,1-5H3,(H,34,38)(H,35,40). The van der Waals surface area contributed by atoms with Crippen LogP contribution in [0.25, 0.3) is 0 Å². The van der Waals surface area contributed by atoms with Crippen molar-refractivity contribution in [3.05, 3.63) is 64.7 Å². The molecule has 3 amide bonds. The molecule has 1 saturated carbocycles. The SMILES string of the molecule is Cc1ccc(C(C(=O)NC2CCCCC2)N(CC#N)C(=O)C(Cc2ccc(O)cc2)NC(=O)OC(C)(C)C)cc1C. The molecule has 0 spiro atoms. The number of benzene rings is 2. The second-order valence-electron chi connectivity index (χ2n) is 11.8. The fourth-order valence-electron chi connectivity index (χ4n) is 5.03. The average molecular weight is 563 g/mol. The van der Waals surface area contributed by atoms with Crippen LogP contribution in [0.5, 0.6) is 5.75 Å². The van der Waals surface area contributed by atoms with Gasteiger partial charge in [0.1, 0.15) is 30.0 Å². The van der Waals surface area contributed by atoms with Crippen LogP contribution >= 0.6 is 0 Å². The lowest BCUT2D eigenvalue weighted by Gasteiger charge is -2.34. The number of aromatic hydroxyl groups is 1. The third-order valence-electron chi connectivity index (χ3n) is 7.25. The van der Waals surface area contributed by atoms with Gasteiger partial charge in [0.25, 0.3) is 0 Å². The first-order valence-corrected chi connectivity index (χ1v) is 14.2. The quantitative estimate of drug-likeness (QED) is 0.369. The number of aryl methyl sites for hydroxylation is 2. The number of carbonyl (C=O) groups excluding carboxylic acids is 3. The maximum Gasteiger partial charge on any atom is 0.408 e. The van der Waals surface area contributed by atoms with E-state index in [2.05, 4.69) is 10.6 Å². The van der Waals surface area contributed by atoms with Crippen LogP contribution in [0, 0.1) is 25.2 Å². The summed E-state index contributed by atoms with van der Waals surface area (Å²) in [7, 11) is 0. The number of hydrogen-bond acceptors (Lipinski definition) is 6. The second kappa shape index (κ2) is 14.0. The van der Waals surface area contributed by atoms with Gasteiger partial charge in [0.05, 0.1) is 6.07 Å². The number of phenolic OH excluding ortho intramolecular Hbond substituents is 1. The summed E-state index contributed by atoms with van der Waals surface area (Å²) >= 11 is 0. The molecule has 0 heterocycles. The number of hydrogen-bond donors (Lipinski definition) is 3. The van der Waals surface area contributed by atoms with Crippen molar-refractivity contribution < 1.29 is 24.2 Å². The number of alkyl carbamates (subject to hydrolysis) is 1. The summed E-state index contributed by atoms with van der Waals surface area (Å²) in [5.41, 5.74) is 2.45. The van der Waals surface area contributed by atoms with E-state index in [1.807, 2.05) is 32.0 Å². The molecule has 220 valence electrons. The summed E-state index contributed by atoms with van der Waals surface area (Å²) in [6.07, 6.45) is 4.16. The third kappa shape index (κ3) is 9.24. The number of nitrogens with zero attached hydrogens (tertiary/aromatic N) is 2. The predicted octanol–water partition coefficient (Wildman–Crippen LogP) is 4.99. The van der Waals surface area contributed by atoms with E-state index < -0.39 is 29.7 Å². The molecule has 2 aromatic rings. The van der Waals surface area contributed by atoms with Crippen molar-refractivity contribution in [1.82, 2.24) is 15.5 Å². The Morgan fingerprint density at radius 2 is 1.71 bits per heavy atom. The zero-order chi connectivity index (χ0) is 30.2. The van der Waals surface area contributed by atoms with E-state index in [0.29, 0.717) is 11.1 Å². The van der Waals surface area contributed by atoms with Gasteiger partial charge in [0, 0.05) is 12.5 Å². The summed E-state index contributed by atoms with van der Waals surface area (Å²) in [5.74, 6) is -0.881. The lowest BCUT2D eigenvalue weighted by molar-refractivity contribution is -0.142. The van der Waals surface area contributed by atoms with Crippen LogP contribution in [0.3, 0.4) is 0 Å². The van der Waals surface area contributed by atoms with Crippen molar-refractivity contribution in [1.29, 1.82) is 5.26 Å². The molecule has 9 heteroatoms. The van der Waals surface area contributed by atoms with Gasteiger partial charge < -0.3 is 25.4 Å². The molecular formula is C32H42N4O5. The van der Waals surface area contributed by atoms with Crippen molar-refractivity contribution in [2.24, 2.45) is 0 Å². The van der Waals surface area contributed by atoms with E-state index in [0.717, 1.165) is 43.2 Å². The second-order valence-corrected chi connectivity index (χ2v) is 11.8. The topological polar surface area (TPSA) is 132 Å². The Morgan fingerprint density at radius 1 is 1.05 bits per heavy atom. The highest BCUT2D eigenvalue weighted by molar-refractivity contribution is 5.92. The van der Waals surface area contributed by atoms with Crippen LogP contribution in [0.1, 0.15) is 81.2 Å². The molecular weight excluding hydrogens is 520 g/mol. The predicted molar refractivity (Wildman–Crippen MR) is 156 cm³/mol. The van der Waals surface area contributed by atoms with Crippen molar-refractivity contribution >= 4 is 17.9 Å². The molecule has 2 atom stereocenters. The number of rotatable bonds is 9. The Balaban J connectivity index is 2.02. The van der Waals surface area contributed by atoms with Gasteiger partial charge >= 0.3 is 6.09 Å².